The Balaban J connectivity index is 2.31. The van der Waals surface area contributed by atoms with Crippen LogP contribution in [-0.4, -0.2) is 9.19 Å². The number of aromatic nitrogens is 1. The Kier molecular flexibility index (Phi) is 1.92. The molecule has 1 atom stereocenters. The molecule has 3 heteroatoms. The van der Waals surface area contributed by atoms with Gasteiger partial charge in [-0.05, 0) is 23.8 Å². The van der Waals surface area contributed by atoms with Crippen LogP contribution in [0.25, 0.3) is 17.0 Å². The van der Waals surface area contributed by atoms with Gasteiger partial charge in [-0.25, -0.2) is 4.98 Å². The van der Waals surface area contributed by atoms with Gasteiger partial charge in [0.2, 0.25) is 0 Å². The summed E-state index contributed by atoms with van der Waals surface area (Å²) in [6, 6.07) is 10.1. The molecule has 1 aliphatic heterocycles. The van der Waals surface area contributed by atoms with Gasteiger partial charge < -0.3 is 0 Å². The largest absolute Gasteiger partial charge is 0.255 e. The van der Waals surface area contributed by atoms with Crippen molar-refractivity contribution in [2.24, 2.45) is 0 Å². The fourth-order valence-corrected chi connectivity index (χ4v) is 2.69. The number of pyridine rings is 1. The summed E-state index contributed by atoms with van der Waals surface area (Å²) >= 11 is 0. The Morgan fingerprint density at radius 1 is 1.27 bits per heavy atom. The topological polar surface area (TPSA) is 30.0 Å². The first-order valence-electron chi connectivity index (χ1n) is 4.77. The molecule has 0 amide bonds. The molecule has 74 valence electrons. The summed E-state index contributed by atoms with van der Waals surface area (Å²) in [5.74, 6) is 0.587. The number of hydrogen-bond donors (Lipinski definition) is 0. The van der Waals surface area contributed by atoms with E-state index in [1.807, 2.05) is 30.3 Å². The van der Waals surface area contributed by atoms with E-state index in [0.29, 0.717) is 5.75 Å². The zero-order chi connectivity index (χ0) is 10.3. The van der Waals surface area contributed by atoms with E-state index in [-0.39, 0.29) is 0 Å². The van der Waals surface area contributed by atoms with Crippen molar-refractivity contribution in [2.75, 3.05) is 0 Å². The highest BCUT2D eigenvalue weighted by Gasteiger charge is 2.11. The van der Waals surface area contributed by atoms with Crippen molar-refractivity contribution < 1.29 is 4.21 Å². The molecule has 3 rings (SSSR count). The SMILES string of the molecule is O=S1C=Cc2nc3ccccc3cc2C1. The molecule has 0 N–H and O–H groups in total. The summed E-state index contributed by atoms with van der Waals surface area (Å²) in [5.41, 5.74) is 3.02. The maximum Gasteiger partial charge on any atom is 0.0709 e. The average molecular weight is 215 g/mol. The van der Waals surface area contributed by atoms with Crippen molar-refractivity contribution in [3.63, 3.8) is 0 Å². The molecule has 0 radical (unpaired) electrons. The molecular formula is C12H9NOS. The Labute approximate surface area is 90.1 Å². The number of fused-ring (bicyclic) bond motifs is 2. The van der Waals surface area contributed by atoms with Gasteiger partial charge in [-0.15, -0.1) is 0 Å². The van der Waals surface area contributed by atoms with Crippen LogP contribution in [0.3, 0.4) is 0 Å². The third kappa shape index (κ3) is 1.49. The van der Waals surface area contributed by atoms with Crippen LogP contribution < -0.4 is 0 Å². The van der Waals surface area contributed by atoms with Crippen molar-refractivity contribution in [3.05, 3.63) is 47.0 Å². The number of hydrogen-bond acceptors (Lipinski definition) is 2. The highest BCUT2D eigenvalue weighted by Crippen LogP contribution is 2.22. The van der Waals surface area contributed by atoms with Crippen LogP contribution in [0.5, 0.6) is 0 Å². The van der Waals surface area contributed by atoms with E-state index >= 15 is 0 Å². The van der Waals surface area contributed by atoms with Gasteiger partial charge >= 0.3 is 0 Å². The second kappa shape index (κ2) is 3.28. The third-order valence-electron chi connectivity index (χ3n) is 2.51. The summed E-state index contributed by atoms with van der Waals surface area (Å²) in [5, 5.41) is 2.83. The average Bonchev–Trinajstić information content (AvgIpc) is 2.26. The molecule has 2 aromatic rings. The number of nitrogens with zero attached hydrogens (tertiary/aromatic N) is 1. The van der Waals surface area contributed by atoms with Gasteiger partial charge in [-0.3, -0.25) is 4.21 Å². The first kappa shape index (κ1) is 8.80. The van der Waals surface area contributed by atoms with Crippen molar-refractivity contribution in [2.45, 2.75) is 5.75 Å². The molecular weight excluding hydrogens is 206 g/mol. The number of benzene rings is 1. The lowest BCUT2D eigenvalue weighted by atomic mass is 10.1. The Morgan fingerprint density at radius 2 is 2.13 bits per heavy atom. The van der Waals surface area contributed by atoms with Crippen LogP contribution >= 0.6 is 0 Å². The van der Waals surface area contributed by atoms with Crippen molar-refractivity contribution in [3.8, 4) is 0 Å². The second-order valence-electron chi connectivity index (χ2n) is 3.55. The molecule has 1 unspecified atom stereocenters. The van der Waals surface area contributed by atoms with E-state index in [2.05, 4.69) is 11.1 Å². The first-order chi connectivity index (χ1) is 7.33. The molecule has 2 nitrogen and oxygen atoms in total. The quantitative estimate of drug-likeness (QED) is 0.675. The Bertz CT molecular complexity index is 589. The number of para-hydroxylation sites is 1. The molecule has 0 aliphatic carbocycles. The third-order valence-corrected chi connectivity index (χ3v) is 3.55. The summed E-state index contributed by atoms with van der Waals surface area (Å²) in [6.45, 7) is 0. The standard InChI is InChI=1S/C12H9NOS/c14-15-6-5-12-10(8-15)7-9-3-1-2-4-11(9)13-12/h1-7H,8H2. The highest BCUT2D eigenvalue weighted by molar-refractivity contribution is 7.87. The van der Waals surface area contributed by atoms with E-state index in [0.717, 1.165) is 22.2 Å². The smallest absolute Gasteiger partial charge is 0.0709 e. The molecule has 0 saturated heterocycles. The van der Waals surface area contributed by atoms with Gasteiger partial charge in [-0.2, -0.15) is 0 Å². The molecule has 15 heavy (non-hydrogen) atoms. The molecule has 0 bridgehead atoms. The van der Waals surface area contributed by atoms with Crippen LogP contribution in [0, 0.1) is 0 Å². The lowest BCUT2D eigenvalue weighted by molar-refractivity contribution is 0.687. The molecule has 0 spiro atoms. The first-order valence-corrected chi connectivity index (χ1v) is 6.15. The van der Waals surface area contributed by atoms with Gasteiger partial charge in [0.1, 0.15) is 0 Å². The fourth-order valence-electron chi connectivity index (χ4n) is 1.78. The van der Waals surface area contributed by atoms with Crippen LogP contribution in [0.1, 0.15) is 11.3 Å². The lowest BCUT2D eigenvalue weighted by Crippen LogP contribution is -2.02. The van der Waals surface area contributed by atoms with E-state index < -0.39 is 10.8 Å². The molecule has 1 aromatic heterocycles. The van der Waals surface area contributed by atoms with Crippen molar-refractivity contribution >= 4 is 27.8 Å². The van der Waals surface area contributed by atoms with Gasteiger partial charge in [0.25, 0.3) is 0 Å². The summed E-state index contributed by atoms with van der Waals surface area (Å²) < 4.78 is 11.4. The maximum atomic E-state index is 11.4. The van der Waals surface area contributed by atoms with Crippen LogP contribution in [-0.2, 0) is 16.6 Å². The maximum absolute atomic E-state index is 11.4. The predicted octanol–water partition coefficient (Wildman–Crippen LogP) is 2.47. The zero-order valence-corrected chi connectivity index (χ0v) is 8.83. The summed E-state index contributed by atoms with van der Waals surface area (Å²) in [7, 11) is -0.865. The summed E-state index contributed by atoms with van der Waals surface area (Å²) in [6.07, 6.45) is 1.85. The molecule has 2 heterocycles. The normalized spacial score (nSPS) is 19.1. The fraction of sp³-hybridized carbons (Fsp3) is 0.0833. The van der Waals surface area contributed by atoms with Gasteiger partial charge in [0.15, 0.2) is 0 Å². The van der Waals surface area contributed by atoms with E-state index in [9.17, 15) is 4.21 Å². The molecule has 1 aliphatic rings. The van der Waals surface area contributed by atoms with Crippen molar-refractivity contribution in [1.82, 2.24) is 4.98 Å². The predicted molar refractivity (Wildman–Crippen MR) is 62.6 cm³/mol. The monoisotopic (exact) mass is 215 g/mol. The Hall–Kier alpha value is -1.48. The van der Waals surface area contributed by atoms with E-state index in [1.165, 1.54) is 0 Å². The minimum atomic E-state index is -0.865. The van der Waals surface area contributed by atoms with Crippen molar-refractivity contribution in [1.29, 1.82) is 0 Å². The number of rotatable bonds is 0. The second-order valence-corrected chi connectivity index (χ2v) is 4.88. The van der Waals surface area contributed by atoms with Crippen LogP contribution in [0.2, 0.25) is 0 Å². The minimum Gasteiger partial charge on any atom is -0.255 e. The van der Waals surface area contributed by atoms with Crippen LogP contribution in [0.4, 0.5) is 0 Å². The van der Waals surface area contributed by atoms with Gasteiger partial charge in [0, 0.05) is 10.8 Å². The lowest BCUT2D eigenvalue weighted by Gasteiger charge is -2.10. The Morgan fingerprint density at radius 3 is 3.07 bits per heavy atom. The van der Waals surface area contributed by atoms with E-state index in [4.69, 9.17) is 0 Å². The van der Waals surface area contributed by atoms with Crippen LogP contribution in [0.15, 0.2) is 35.7 Å². The molecule has 0 saturated carbocycles. The molecule has 1 aromatic carbocycles. The van der Waals surface area contributed by atoms with Gasteiger partial charge in [-0.1, -0.05) is 18.2 Å². The minimum absolute atomic E-state index is 0.587. The zero-order valence-electron chi connectivity index (χ0n) is 8.01. The van der Waals surface area contributed by atoms with E-state index in [1.54, 1.807) is 5.41 Å². The highest BCUT2D eigenvalue weighted by atomic mass is 32.2. The molecule has 0 fully saturated rings. The summed E-state index contributed by atoms with van der Waals surface area (Å²) in [4.78, 5) is 4.53. The van der Waals surface area contributed by atoms with Gasteiger partial charge in [0.05, 0.1) is 27.8 Å².